The van der Waals surface area contributed by atoms with E-state index >= 15 is 0 Å². The molecule has 0 atom stereocenters. The smallest absolute Gasteiger partial charge is 0.00207 e. The van der Waals surface area contributed by atoms with Gasteiger partial charge in [-0.05, 0) is 144 Å². The van der Waals surface area contributed by atoms with Crippen LogP contribution in [0.4, 0.5) is 0 Å². The second-order valence-corrected chi connectivity index (χ2v) is 13.4. The van der Waals surface area contributed by atoms with E-state index in [1.54, 1.807) is 0 Å². The molecule has 0 aromatic heterocycles. The molecule has 282 valence electrons. The molecule has 0 unspecified atom stereocenters. The van der Waals surface area contributed by atoms with Crippen molar-refractivity contribution in [3.8, 4) is 22.3 Å². The summed E-state index contributed by atoms with van der Waals surface area (Å²) in [6, 6.07) is 35.3. The predicted molar refractivity (Wildman–Crippen MR) is 252 cm³/mol. The van der Waals surface area contributed by atoms with Crippen LogP contribution in [-0.2, 0) is 0 Å². The first-order chi connectivity index (χ1) is 27.3. The van der Waals surface area contributed by atoms with Crippen LogP contribution >= 0.6 is 0 Å². The first-order valence-electron chi connectivity index (χ1n) is 19.6. The molecule has 0 spiro atoms. The highest BCUT2D eigenvalue weighted by atomic mass is 14.3. The Labute approximate surface area is 338 Å². The zero-order valence-electron chi connectivity index (χ0n) is 34.7. The SMILES string of the molecule is C=C/C=C\C(=C/C)c1ccc(C(/C=C\C=C)=C/C)c(-c2ccc(C(=C(C)\C(\C=C/C)=C\C)/C(=C(C)/C(/C=C\C)=C/C)c3ccccc3)cc2)c1-c1ccccc1. The molecule has 0 heterocycles. The van der Waals surface area contributed by atoms with Gasteiger partial charge in [-0.2, -0.15) is 0 Å². The minimum absolute atomic E-state index is 1.13. The maximum atomic E-state index is 3.97. The summed E-state index contributed by atoms with van der Waals surface area (Å²) in [5, 5.41) is 0. The number of hydrogen-bond acceptors (Lipinski definition) is 0. The normalized spacial score (nSPS) is 14.2. The molecule has 0 fully saturated rings. The van der Waals surface area contributed by atoms with E-state index in [-0.39, 0.29) is 0 Å². The summed E-state index contributed by atoms with van der Waals surface area (Å²) in [5.41, 5.74) is 18.9. The standard InChI is InChI=1S/C56H58/c1-11-19-29-45(17-7)51-39-40-52(46(18-8)30-20-12-2)56(55(51)48-33-25-22-26-34-48)50-37-35-49(36-38-50)54(42(10)44(16-6)28-14-4)53(47-31-23-21-24-32-47)41(9)43(15-5)27-13-3/h11-40H,1-2H2,3-10H3/b27-13-,28-14-,29-19-,30-20-,43-15+,44-16+,45-17+,46-18+,53-41+,54-42+. The van der Waals surface area contributed by atoms with Gasteiger partial charge in [0.05, 0.1) is 0 Å². The molecule has 0 N–H and O–H groups in total. The Morgan fingerprint density at radius 3 is 1.20 bits per heavy atom. The molecule has 0 nitrogen and oxygen atoms in total. The van der Waals surface area contributed by atoms with E-state index < -0.39 is 0 Å². The van der Waals surface area contributed by atoms with Gasteiger partial charge in [-0.3, -0.25) is 0 Å². The summed E-state index contributed by atoms with van der Waals surface area (Å²) in [4.78, 5) is 0. The number of allylic oxidation sites excluding steroid dienone is 22. The minimum Gasteiger partial charge on any atom is -0.0991 e. The van der Waals surface area contributed by atoms with Gasteiger partial charge in [0.1, 0.15) is 0 Å². The van der Waals surface area contributed by atoms with Crippen molar-refractivity contribution in [1.29, 1.82) is 0 Å². The van der Waals surface area contributed by atoms with Gasteiger partial charge in [-0.25, -0.2) is 0 Å². The average Bonchev–Trinajstić information content (AvgIpc) is 3.24. The highest BCUT2D eigenvalue weighted by molar-refractivity contribution is 6.10. The Balaban J connectivity index is 2.19. The van der Waals surface area contributed by atoms with E-state index in [9.17, 15) is 0 Å². The van der Waals surface area contributed by atoms with Crippen molar-refractivity contribution in [3.05, 3.63) is 240 Å². The molecule has 4 aromatic rings. The Kier molecular flexibility index (Phi) is 16.4. The molecule has 0 bridgehead atoms. The maximum absolute atomic E-state index is 3.97. The third-order valence-corrected chi connectivity index (χ3v) is 10.0. The lowest BCUT2D eigenvalue weighted by Crippen LogP contribution is -2.01. The van der Waals surface area contributed by atoms with Gasteiger partial charge in [0.25, 0.3) is 0 Å². The van der Waals surface area contributed by atoms with Crippen LogP contribution in [0.3, 0.4) is 0 Å². The second-order valence-electron chi connectivity index (χ2n) is 13.4. The van der Waals surface area contributed by atoms with Crippen LogP contribution in [0.2, 0.25) is 0 Å². The second kappa shape index (κ2) is 21.6. The van der Waals surface area contributed by atoms with Crippen LogP contribution < -0.4 is 0 Å². The summed E-state index contributed by atoms with van der Waals surface area (Å²) in [6.07, 6.45) is 29.4. The molecule has 0 aliphatic carbocycles. The van der Waals surface area contributed by atoms with Crippen LogP contribution in [0.15, 0.2) is 218 Å². The third kappa shape index (κ3) is 9.89. The van der Waals surface area contributed by atoms with Crippen LogP contribution in [0, 0.1) is 0 Å². The molecule has 56 heavy (non-hydrogen) atoms. The van der Waals surface area contributed by atoms with E-state index in [0.717, 1.165) is 39.0 Å². The van der Waals surface area contributed by atoms with Crippen molar-refractivity contribution < 1.29 is 0 Å². The summed E-state index contributed by atoms with van der Waals surface area (Å²) in [5.74, 6) is 0. The fourth-order valence-corrected chi connectivity index (χ4v) is 7.34. The van der Waals surface area contributed by atoms with Crippen molar-refractivity contribution in [2.45, 2.75) is 55.4 Å². The molecule has 0 saturated heterocycles. The van der Waals surface area contributed by atoms with Crippen LogP contribution in [0.5, 0.6) is 0 Å². The fraction of sp³-hybridized carbons (Fsp3) is 0.143. The van der Waals surface area contributed by atoms with E-state index in [2.05, 4.69) is 226 Å². The Hall–Kier alpha value is -6.24. The molecular formula is C56H58. The van der Waals surface area contributed by atoms with Crippen molar-refractivity contribution in [1.82, 2.24) is 0 Å². The number of benzene rings is 4. The lowest BCUT2D eigenvalue weighted by Gasteiger charge is -2.23. The molecule has 0 radical (unpaired) electrons. The quantitative estimate of drug-likeness (QED) is 0.107. The predicted octanol–water partition coefficient (Wildman–Crippen LogP) is 16.6. The van der Waals surface area contributed by atoms with Gasteiger partial charge >= 0.3 is 0 Å². The van der Waals surface area contributed by atoms with E-state index in [0.29, 0.717) is 0 Å². The zero-order chi connectivity index (χ0) is 40.5. The molecule has 4 rings (SSSR count). The van der Waals surface area contributed by atoms with Crippen LogP contribution in [0.25, 0.3) is 44.5 Å². The van der Waals surface area contributed by atoms with Crippen molar-refractivity contribution in [2.24, 2.45) is 0 Å². The Morgan fingerprint density at radius 2 is 0.821 bits per heavy atom. The monoisotopic (exact) mass is 730 g/mol. The topological polar surface area (TPSA) is 0 Å². The molecule has 0 saturated carbocycles. The molecule has 0 aliphatic heterocycles. The molecule has 0 amide bonds. The summed E-state index contributed by atoms with van der Waals surface area (Å²) < 4.78 is 0. The summed E-state index contributed by atoms with van der Waals surface area (Å²) in [7, 11) is 0. The van der Waals surface area contributed by atoms with E-state index in [1.165, 1.54) is 50.1 Å². The average molecular weight is 731 g/mol. The van der Waals surface area contributed by atoms with Gasteiger partial charge in [-0.1, -0.05) is 195 Å². The highest BCUT2D eigenvalue weighted by Crippen LogP contribution is 2.45. The highest BCUT2D eigenvalue weighted by Gasteiger charge is 2.22. The van der Waals surface area contributed by atoms with Gasteiger partial charge in [0, 0.05) is 0 Å². The van der Waals surface area contributed by atoms with Crippen molar-refractivity contribution in [3.63, 3.8) is 0 Å². The van der Waals surface area contributed by atoms with Crippen LogP contribution in [0.1, 0.15) is 77.6 Å². The van der Waals surface area contributed by atoms with Crippen LogP contribution in [-0.4, -0.2) is 0 Å². The fourth-order valence-electron chi connectivity index (χ4n) is 7.34. The Morgan fingerprint density at radius 1 is 0.429 bits per heavy atom. The molecule has 0 aliphatic rings. The minimum atomic E-state index is 1.13. The zero-order valence-corrected chi connectivity index (χ0v) is 34.7. The van der Waals surface area contributed by atoms with E-state index in [4.69, 9.17) is 0 Å². The van der Waals surface area contributed by atoms with E-state index in [1.807, 2.05) is 24.3 Å². The molecular weight excluding hydrogens is 673 g/mol. The first kappa shape index (κ1) is 42.5. The van der Waals surface area contributed by atoms with Gasteiger partial charge in [0.2, 0.25) is 0 Å². The molecule has 4 aromatic carbocycles. The van der Waals surface area contributed by atoms with Gasteiger partial charge in [0.15, 0.2) is 0 Å². The Bertz CT molecular complexity index is 2300. The lowest BCUT2D eigenvalue weighted by atomic mass is 9.80. The van der Waals surface area contributed by atoms with Crippen molar-refractivity contribution >= 4 is 22.3 Å². The van der Waals surface area contributed by atoms with Crippen molar-refractivity contribution in [2.75, 3.05) is 0 Å². The largest absolute Gasteiger partial charge is 0.0991 e. The maximum Gasteiger partial charge on any atom is -0.00207 e. The first-order valence-corrected chi connectivity index (χ1v) is 19.6. The third-order valence-electron chi connectivity index (χ3n) is 10.0. The number of rotatable bonds is 15. The van der Waals surface area contributed by atoms with Gasteiger partial charge < -0.3 is 0 Å². The lowest BCUT2D eigenvalue weighted by molar-refractivity contribution is 1.36. The number of hydrogen-bond donors (Lipinski definition) is 0. The molecule has 0 heteroatoms. The van der Waals surface area contributed by atoms with Gasteiger partial charge in [-0.15, -0.1) is 0 Å². The summed E-state index contributed by atoms with van der Waals surface area (Å²) >= 11 is 0. The summed E-state index contributed by atoms with van der Waals surface area (Å²) in [6.45, 7) is 25.0.